The minimum Gasteiger partial charge on any atom is -0.368 e. The van der Waals surface area contributed by atoms with E-state index in [9.17, 15) is 4.79 Å². The first kappa shape index (κ1) is 12.9. The molecule has 0 saturated carbocycles. The van der Waals surface area contributed by atoms with Crippen LogP contribution >= 0.6 is 0 Å². The molecule has 0 N–H and O–H groups in total. The lowest BCUT2D eigenvalue weighted by atomic mass is 9.92. The lowest BCUT2D eigenvalue weighted by Crippen LogP contribution is -2.35. The van der Waals surface area contributed by atoms with Crippen LogP contribution in [0.15, 0.2) is 18.2 Å². The molecule has 0 aromatic heterocycles. The Morgan fingerprint density at radius 1 is 1.31 bits per heavy atom. The van der Waals surface area contributed by atoms with Crippen LogP contribution in [0, 0.1) is 13.8 Å². The molecule has 0 aliphatic rings. The quantitative estimate of drug-likeness (QED) is 0.728. The highest BCUT2D eigenvalue weighted by molar-refractivity contribution is 6.03. The standard InChI is InChI=1S/C14H20O2/c1-6-16-14(4,5)13(15)12-9-10(2)7-8-11(12)3/h7-9H,6H2,1-5H3. The fraction of sp³-hybridized carbons (Fsp3) is 0.500. The van der Waals surface area contributed by atoms with Crippen molar-refractivity contribution in [3.63, 3.8) is 0 Å². The summed E-state index contributed by atoms with van der Waals surface area (Å²) in [5, 5.41) is 0. The first-order valence-corrected chi connectivity index (χ1v) is 5.64. The molecule has 0 amide bonds. The van der Waals surface area contributed by atoms with Crippen molar-refractivity contribution >= 4 is 5.78 Å². The highest BCUT2D eigenvalue weighted by Gasteiger charge is 2.29. The smallest absolute Gasteiger partial charge is 0.194 e. The Kier molecular flexibility index (Phi) is 3.87. The summed E-state index contributed by atoms with van der Waals surface area (Å²) in [6.07, 6.45) is 0. The van der Waals surface area contributed by atoms with Gasteiger partial charge in [0.05, 0.1) is 0 Å². The van der Waals surface area contributed by atoms with Gasteiger partial charge in [0.15, 0.2) is 5.78 Å². The summed E-state index contributed by atoms with van der Waals surface area (Å²) in [5.41, 5.74) is 2.12. The molecule has 0 saturated heterocycles. The van der Waals surface area contributed by atoms with Crippen molar-refractivity contribution in [2.24, 2.45) is 0 Å². The maximum absolute atomic E-state index is 12.3. The molecule has 2 nitrogen and oxygen atoms in total. The number of benzene rings is 1. The minimum absolute atomic E-state index is 0.0514. The summed E-state index contributed by atoms with van der Waals surface area (Å²) in [7, 11) is 0. The van der Waals surface area contributed by atoms with E-state index in [1.54, 1.807) is 0 Å². The van der Waals surface area contributed by atoms with E-state index in [1.165, 1.54) is 0 Å². The fourth-order valence-electron chi connectivity index (χ4n) is 1.73. The van der Waals surface area contributed by atoms with Crippen molar-refractivity contribution in [2.75, 3.05) is 6.61 Å². The SMILES string of the molecule is CCOC(C)(C)C(=O)c1cc(C)ccc1C. The average molecular weight is 220 g/mol. The van der Waals surface area contributed by atoms with Gasteiger partial charge in [-0.05, 0) is 46.2 Å². The molecule has 16 heavy (non-hydrogen) atoms. The number of rotatable bonds is 4. The Morgan fingerprint density at radius 2 is 1.94 bits per heavy atom. The van der Waals surface area contributed by atoms with Crippen molar-refractivity contribution in [2.45, 2.75) is 40.2 Å². The second kappa shape index (κ2) is 4.79. The minimum atomic E-state index is -0.743. The average Bonchev–Trinajstić information content (AvgIpc) is 2.20. The van der Waals surface area contributed by atoms with Crippen LogP contribution < -0.4 is 0 Å². The lowest BCUT2D eigenvalue weighted by Gasteiger charge is -2.24. The molecule has 0 spiro atoms. The Balaban J connectivity index is 3.09. The van der Waals surface area contributed by atoms with Crippen LogP contribution in [0.4, 0.5) is 0 Å². The van der Waals surface area contributed by atoms with Crippen molar-refractivity contribution in [1.82, 2.24) is 0 Å². The first-order chi connectivity index (χ1) is 7.38. The summed E-state index contributed by atoms with van der Waals surface area (Å²) in [5.74, 6) is 0.0514. The van der Waals surface area contributed by atoms with Gasteiger partial charge < -0.3 is 4.74 Å². The first-order valence-electron chi connectivity index (χ1n) is 5.64. The molecule has 0 bridgehead atoms. The summed E-state index contributed by atoms with van der Waals surface area (Å²) in [4.78, 5) is 12.3. The number of ether oxygens (including phenoxy) is 1. The highest BCUT2D eigenvalue weighted by atomic mass is 16.5. The van der Waals surface area contributed by atoms with Gasteiger partial charge in [-0.2, -0.15) is 0 Å². The molecular weight excluding hydrogens is 200 g/mol. The van der Waals surface area contributed by atoms with Crippen molar-refractivity contribution < 1.29 is 9.53 Å². The van der Waals surface area contributed by atoms with E-state index in [1.807, 2.05) is 52.8 Å². The third kappa shape index (κ3) is 2.70. The van der Waals surface area contributed by atoms with E-state index < -0.39 is 5.60 Å². The number of hydrogen-bond acceptors (Lipinski definition) is 2. The largest absolute Gasteiger partial charge is 0.368 e. The number of ketones is 1. The van der Waals surface area contributed by atoms with Crippen molar-refractivity contribution in [1.29, 1.82) is 0 Å². The molecule has 0 aliphatic heterocycles. The molecule has 1 aromatic rings. The summed E-state index contributed by atoms with van der Waals surface area (Å²) < 4.78 is 5.49. The van der Waals surface area contributed by atoms with E-state index in [-0.39, 0.29) is 5.78 Å². The van der Waals surface area contributed by atoms with E-state index >= 15 is 0 Å². The van der Waals surface area contributed by atoms with Gasteiger partial charge in [0.1, 0.15) is 5.60 Å². The zero-order valence-electron chi connectivity index (χ0n) is 10.8. The molecule has 0 fully saturated rings. The van der Waals surface area contributed by atoms with Gasteiger partial charge in [-0.3, -0.25) is 4.79 Å². The van der Waals surface area contributed by atoms with Gasteiger partial charge in [0, 0.05) is 12.2 Å². The van der Waals surface area contributed by atoms with Gasteiger partial charge in [0.2, 0.25) is 0 Å². The van der Waals surface area contributed by atoms with Crippen LogP contribution in [0.1, 0.15) is 42.3 Å². The van der Waals surface area contributed by atoms with Crippen molar-refractivity contribution in [3.05, 3.63) is 34.9 Å². The number of carbonyl (C=O) groups is 1. The maximum Gasteiger partial charge on any atom is 0.194 e. The third-order valence-electron chi connectivity index (χ3n) is 2.69. The molecule has 0 aliphatic carbocycles. The van der Waals surface area contributed by atoms with Crippen LogP contribution in [0.25, 0.3) is 0 Å². The van der Waals surface area contributed by atoms with Gasteiger partial charge in [0.25, 0.3) is 0 Å². The van der Waals surface area contributed by atoms with E-state index in [0.717, 1.165) is 16.7 Å². The zero-order chi connectivity index (χ0) is 12.3. The molecule has 0 atom stereocenters. The van der Waals surface area contributed by atoms with E-state index in [2.05, 4.69) is 0 Å². The van der Waals surface area contributed by atoms with Crippen LogP contribution in [-0.2, 0) is 4.74 Å². The molecule has 1 aromatic carbocycles. The highest BCUT2D eigenvalue weighted by Crippen LogP contribution is 2.20. The summed E-state index contributed by atoms with van der Waals surface area (Å²) in [6, 6.07) is 5.92. The molecular formula is C14H20O2. The lowest BCUT2D eigenvalue weighted by molar-refractivity contribution is 0.00120. The number of Topliss-reactive ketones (excluding diaryl/α,β-unsaturated/α-hetero) is 1. The second-order valence-corrected chi connectivity index (χ2v) is 4.59. The van der Waals surface area contributed by atoms with E-state index in [0.29, 0.717) is 6.61 Å². The predicted molar refractivity (Wildman–Crippen MR) is 66.0 cm³/mol. The molecule has 1 rings (SSSR count). The fourth-order valence-corrected chi connectivity index (χ4v) is 1.73. The maximum atomic E-state index is 12.3. The van der Waals surface area contributed by atoms with Gasteiger partial charge in [-0.15, -0.1) is 0 Å². The third-order valence-corrected chi connectivity index (χ3v) is 2.69. The Bertz CT molecular complexity index is 392. The van der Waals surface area contributed by atoms with Crippen LogP contribution in [0.5, 0.6) is 0 Å². The predicted octanol–water partition coefficient (Wildman–Crippen LogP) is 3.30. The molecule has 88 valence electrons. The van der Waals surface area contributed by atoms with E-state index in [4.69, 9.17) is 4.74 Å². The number of aryl methyl sites for hydroxylation is 2. The molecule has 0 radical (unpaired) electrons. The number of hydrogen-bond donors (Lipinski definition) is 0. The normalized spacial score (nSPS) is 11.6. The molecule has 2 heteroatoms. The number of carbonyl (C=O) groups excluding carboxylic acids is 1. The van der Waals surface area contributed by atoms with Gasteiger partial charge >= 0.3 is 0 Å². The topological polar surface area (TPSA) is 26.3 Å². The molecule has 0 heterocycles. The summed E-state index contributed by atoms with van der Waals surface area (Å²) in [6.45, 7) is 10.0. The Labute approximate surface area is 97.6 Å². The Hall–Kier alpha value is -1.15. The Morgan fingerprint density at radius 3 is 2.50 bits per heavy atom. The van der Waals surface area contributed by atoms with Crippen LogP contribution in [0.3, 0.4) is 0 Å². The summed E-state index contributed by atoms with van der Waals surface area (Å²) >= 11 is 0. The van der Waals surface area contributed by atoms with Crippen LogP contribution in [-0.4, -0.2) is 18.0 Å². The second-order valence-electron chi connectivity index (χ2n) is 4.59. The van der Waals surface area contributed by atoms with Gasteiger partial charge in [-0.25, -0.2) is 0 Å². The van der Waals surface area contributed by atoms with Gasteiger partial charge in [-0.1, -0.05) is 17.7 Å². The zero-order valence-corrected chi connectivity index (χ0v) is 10.8. The van der Waals surface area contributed by atoms with Crippen LogP contribution in [0.2, 0.25) is 0 Å². The molecule has 0 unspecified atom stereocenters. The van der Waals surface area contributed by atoms with Crippen molar-refractivity contribution in [3.8, 4) is 0 Å². The monoisotopic (exact) mass is 220 g/mol.